The number of hydrogen-bond donors (Lipinski definition) is 2. The predicted molar refractivity (Wildman–Crippen MR) is 152 cm³/mol. The monoisotopic (exact) mass is 591 g/mol. The number of hydrogen-bond acceptors (Lipinski definition) is 6. The molecule has 0 radical (unpaired) electrons. The van der Waals surface area contributed by atoms with Crippen molar-refractivity contribution in [2.45, 2.75) is 57.7 Å². The van der Waals surface area contributed by atoms with E-state index in [1.165, 1.54) is 9.80 Å². The number of rotatable bonds is 10. The van der Waals surface area contributed by atoms with Gasteiger partial charge in [-0.15, -0.1) is 0 Å². The molecule has 0 unspecified atom stereocenters. The summed E-state index contributed by atoms with van der Waals surface area (Å²) in [6.07, 6.45) is 0.0470. The second kappa shape index (κ2) is 11.8. The molecular weight excluding hydrogens is 553 g/mol. The van der Waals surface area contributed by atoms with Crippen LogP contribution in [0.2, 0.25) is 0 Å². The first-order chi connectivity index (χ1) is 19.2. The SMILES string of the molecule is CN(CCOc1ccccc1-c1cccc(C[C@H]2[C@@H](NS(=O)(=O)CF)C3(CC3)CN2C(=O)O)c1)C(=O)OC(C)(C)C. The van der Waals surface area contributed by atoms with Gasteiger partial charge in [0.05, 0.1) is 18.6 Å². The number of likely N-dealkylation sites (N-methyl/N-ethyl adjacent to an activating group) is 1. The van der Waals surface area contributed by atoms with Crippen molar-refractivity contribution in [3.05, 3.63) is 54.1 Å². The van der Waals surface area contributed by atoms with Crippen molar-refractivity contribution in [3.8, 4) is 16.9 Å². The number of alkyl halides is 1. The quantitative estimate of drug-likeness (QED) is 0.417. The first-order valence-electron chi connectivity index (χ1n) is 13.5. The molecule has 2 fully saturated rings. The number of nitrogens with zero attached hydrogens (tertiary/aromatic N) is 2. The molecular formula is C29H38FN3O7S. The Labute approximate surface area is 240 Å². The highest BCUT2D eigenvalue weighted by molar-refractivity contribution is 7.89. The summed E-state index contributed by atoms with van der Waals surface area (Å²) in [5.41, 5.74) is 1.35. The maximum atomic E-state index is 13.2. The molecule has 1 saturated carbocycles. The number of likely N-dealkylation sites (tertiary alicyclic amines) is 1. The summed E-state index contributed by atoms with van der Waals surface area (Å²) in [5.74, 6) is 0.612. The summed E-state index contributed by atoms with van der Waals surface area (Å²) in [5, 5.41) is 9.90. The standard InChI is InChI=1S/C29H38FN3O7S/c1-28(2,3)40-27(36)32(4)14-15-39-24-11-6-5-10-22(24)21-9-7-8-20(16-21)17-23-25(31-41(37,38)19-30)29(12-13-29)18-33(23)26(34)35/h5-11,16,23,25,31H,12-15,17-19H2,1-4H3,(H,34,35)/t23-,25+/m0/s1. The predicted octanol–water partition coefficient (Wildman–Crippen LogP) is 4.50. The molecule has 1 saturated heterocycles. The average molecular weight is 592 g/mol. The van der Waals surface area contributed by atoms with Gasteiger partial charge in [-0.2, -0.15) is 0 Å². The van der Waals surface area contributed by atoms with Gasteiger partial charge in [0.25, 0.3) is 0 Å². The Hall–Kier alpha value is -3.38. The molecule has 2 aliphatic rings. The summed E-state index contributed by atoms with van der Waals surface area (Å²) in [7, 11) is -2.54. The van der Waals surface area contributed by atoms with E-state index in [0.717, 1.165) is 16.7 Å². The molecule has 10 nitrogen and oxygen atoms in total. The first-order valence-corrected chi connectivity index (χ1v) is 15.2. The van der Waals surface area contributed by atoms with Gasteiger partial charge in [0.15, 0.2) is 0 Å². The number of ether oxygens (including phenoxy) is 2. The first kappa shape index (κ1) is 30.6. The number of amides is 2. The fourth-order valence-corrected chi connectivity index (χ4v) is 6.16. The molecule has 2 amide bonds. The van der Waals surface area contributed by atoms with Crippen LogP contribution in [-0.4, -0.2) is 85.9 Å². The highest BCUT2D eigenvalue weighted by atomic mass is 32.2. The van der Waals surface area contributed by atoms with Gasteiger partial charge in [-0.25, -0.2) is 27.1 Å². The molecule has 2 atom stereocenters. The maximum Gasteiger partial charge on any atom is 0.410 e. The summed E-state index contributed by atoms with van der Waals surface area (Å²) >= 11 is 0. The largest absolute Gasteiger partial charge is 0.491 e. The van der Waals surface area contributed by atoms with Crippen molar-refractivity contribution in [2.75, 3.05) is 32.8 Å². The molecule has 1 spiro atoms. The van der Waals surface area contributed by atoms with E-state index in [0.29, 0.717) is 25.1 Å². The molecule has 224 valence electrons. The molecule has 0 bridgehead atoms. The average Bonchev–Trinajstić information content (AvgIpc) is 3.63. The van der Waals surface area contributed by atoms with Gasteiger partial charge in [-0.3, -0.25) is 0 Å². The van der Waals surface area contributed by atoms with E-state index in [9.17, 15) is 27.5 Å². The van der Waals surface area contributed by atoms with Crippen LogP contribution in [0.25, 0.3) is 11.1 Å². The Morgan fingerprint density at radius 1 is 1.17 bits per heavy atom. The van der Waals surface area contributed by atoms with E-state index in [2.05, 4.69) is 4.72 Å². The Kier molecular flexibility index (Phi) is 8.84. The van der Waals surface area contributed by atoms with Crippen LogP contribution in [0.4, 0.5) is 14.0 Å². The van der Waals surface area contributed by atoms with Crippen molar-refractivity contribution in [1.82, 2.24) is 14.5 Å². The Balaban J connectivity index is 1.51. The number of carbonyl (C=O) groups is 2. The topological polar surface area (TPSA) is 125 Å². The van der Waals surface area contributed by atoms with E-state index >= 15 is 0 Å². The highest BCUT2D eigenvalue weighted by Crippen LogP contribution is 2.55. The fraction of sp³-hybridized carbons (Fsp3) is 0.517. The van der Waals surface area contributed by atoms with Crippen LogP contribution in [0.5, 0.6) is 5.75 Å². The van der Waals surface area contributed by atoms with E-state index in [1.54, 1.807) is 27.8 Å². The van der Waals surface area contributed by atoms with Crippen molar-refractivity contribution >= 4 is 22.2 Å². The van der Waals surface area contributed by atoms with Gasteiger partial charge < -0.3 is 24.4 Å². The fourth-order valence-electron chi connectivity index (χ4n) is 5.30. The molecule has 1 heterocycles. The number of carboxylic acid groups (broad SMARTS) is 1. The number of carbonyl (C=O) groups excluding carboxylic acids is 1. The van der Waals surface area contributed by atoms with Gasteiger partial charge in [-0.05, 0) is 57.2 Å². The van der Waals surface area contributed by atoms with Crippen LogP contribution in [0.1, 0.15) is 39.2 Å². The van der Waals surface area contributed by atoms with Crippen molar-refractivity contribution in [2.24, 2.45) is 5.41 Å². The van der Waals surface area contributed by atoms with Crippen molar-refractivity contribution in [1.29, 1.82) is 0 Å². The number of halogens is 1. The lowest BCUT2D eigenvalue weighted by Gasteiger charge is -2.27. The van der Waals surface area contributed by atoms with Gasteiger partial charge in [-0.1, -0.05) is 42.5 Å². The minimum absolute atomic E-state index is 0.209. The molecule has 2 N–H and O–H groups in total. The van der Waals surface area contributed by atoms with Crippen LogP contribution in [0.15, 0.2) is 48.5 Å². The van der Waals surface area contributed by atoms with Gasteiger partial charge in [0.2, 0.25) is 16.0 Å². The van der Waals surface area contributed by atoms with Crippen LogP contribution in [0.3, 0.4) is 0 Å². The lowest BCUT2D eigenvalue weighted by atomic mass is 9.91. The van der Waals surface area contributed by atoms with Crippen molar-refractivity contribution < 1.29 is 37.0 Å². The molecule has 12 heteroatoms. The molecule has 1 aliphatic heterocycles. The second-order valence-corrected chi connectivity index (χ2v) is 13.5. The number of benzene rings is 2. The lowest BCUT2D eigenvalue weighted by molar-refractivity contribution is 0.0278. The van der Waals surface area contributed by atoms with Crippen LogP contribution in [-0.2, 0) is 21.2 Å². The summed E-state index contributed by atoms with van der Waals surface area (Å²) in [6.45, 7) is 6.17. The smallest absolute Gasteiger partial charge is 0.410 e. The second-order valence-electron chi connectivity index (χ2n) is 11.8. The minimum atomic E-state index is -4.18. The van der Waals surface area contributed by atoms with Crippen LogP contribution < -0.4 is 9.46 Å². The third-order valence-electron chi connectivity index (χ3n) is 7.48. The minimum Gasteiger partial charge on any atom is -0.491 e. The number of para-hydroxylation sites is 1. The number of sulfonamides is 1. The van der Waals surface area contributed by atoms with E-state index in [4.69, 9.17) is 9.47 Å². The molecule has 2 aromatic rings. The normalized spacial score (nSPS) is 19.7. The maximum absolute atomic E-state index is 13.2. The summed E-state index contributed by atoms with van der Waals surface area (Å²) in [6, 6.07) is 12.1. The zero-order valence-corrected chi connectivity index (χ0v) is 24.6. The zero-order valence-electron chi connectivity index (χ0n) is 23.8. The Morgan fingerprint density at radius 2 is 1.88 bits per heavy atom. The third kappa shape index (κ3) is 7.48. The molecule has 2 aromatic carbocycles. The summed E-state index contributed by atoms with van der Waals surface area (Å²) in [4.78, 5) is 27.1. The zero-order chi connectivity index (χ0) is 30.0. The van der Waals surface area contributed by atoms with E-state index in [-0.39, 0.29) is 19.6 Å². The molecule has 41 heavy (non-hydrogen) atoms. The third-order valence-corrected chi connectivity index (χ3v) is 8.38. The highest BCUT2D eigenvalue weighted by Gasteiger charge is 2.61. The Bertz CT molecular complexity index is 1370. The van der Waals surface area contributed by atoms with Gasteiger partial charge in [0, 0.05) is 24.6 Å². The van der Waals surface area contributed by atoms with Crippen molar-refractivity contribution in [3.63, 3.8) is 0 Å². The molecule has 4 rings (SSSR count). The lowest BCUT2D eigenvalue weighted by Crippen LogP contribution is -2.49. The number of nitrogens with one attached hydrogen (secondary N) is 1. The van der Waals surface area contributed by atoms with E-state index in [1.807, 2.05) is 48.5 Å². The summed E-state index contributed by atoms with van der Waals surface area (Å²) < 4.78 is 51.4. The van der Waals surface area contributed by atoms with Crippen LogP contribution >= 0.6 is 0 Å². The Morgan fingerprint density at radius 3 is 2.51 bits per heavy atom. The molecule has 1 aliphatic carbocycles. The van der Waals surface area contributed by atoms with Gasteiger partial charge in [0.1, 0.15) is 18.0 Å². The molecule has 0 aromatic heterocycles. The van der Waals surface area contributed by atoms with Crippen LogP contribution in [0, 0.1) is 5.41 Å². The van der Waals surface area contributed by atoms with Gasteiger partial charge >= 0.3 is 12.2 Å². The van der Waals surface area contributed by atoms with E-state index < -0.39 is 51.3 Å².